The second kappa shape index (κ2) is 6.75. The van der Waals surface area contributed by atoms with Crippen molar-refractivity contribution in [2.24, 2.45) is 5.73 Å². The van der Waals surface area contributed by atoms with Crippen LogP contribution in [0.2, 0.25) is 0 Å². The first-order valence-corrected chi connectivity index (χ1v) is 8.01. The SMILES string of the molecule is CCCC1(C(=O)O)CCCN1C(=O)CN1CCC(N)CC1. The number of amides is 1. The van der Waals surface area contributed by atoms with E-state index in [9.17, 15) is 14.7 Å². The minimum absolute atomic E-state index is 0.0428. The topological polar surface area (TPSA) is 86.9 Å². The van der Waals surface area contributed by atoms with Crippen molar-refractivity contribution in [3.8, 4) is 0 Å². The summed E-state index contributed by atoms with van der Waals surface area (Å²) in [6.45, 7) is 4.52. The number of carboxylic acids is 1. The lowest BCUT2D eigenvalue weighted by molar-refractivity contribution is -0.157. The fourth-order valence-corrected chi connectivity index (χ4v) is 3.63. The van der Waals surface area contributed by atoms with Crippen LogP contribution in [0.4, 0.5) is 0 Å². The van der Waals surface area contributed by atoms with E-state index in [1.807, 2.05) is 6.92 Å². The summed E-state index contributed by atoms with van der Waals surface area (Å²) in [5.41, 5.74) is 4.90. The summed E-state index contributed by atoms with van der Waals surface area (Å²) in [6, 6.07) is 0.237. The fraction of sp³-hybridized carbons (Fsp3) is 0.867. The molecular formula is C15H27N3O3. The van der Waals surface area contributed by atoms with Gasteiger partial charge in [0.15, 0.2) is 0 Å². The van der Waals surface area contributed by atoms with Crippen LogP contribution in [0, 0.1) is 0 Å². The number of nitrogens with two attached hydrogens (primary N) is 1. The number of hydrogen-bond acceptors (Lipinski definition) is 4. The van der Waals surface area contributed by atoms with Gasteiger partial charge in [0.25, 0.3) is 0 Å². The third-order valence-electron chi connectivity index (χ3n) is 4.84. The van der Waals surface area contributed by atoms with Crippen molar-refractivity contribution in [3.05, 3.63) is 0 Å². The summed E-state index contributed by atoms with van der Waals surface area (Å²) in [5.74, 6) is -0.894. The molecule has 1 unspecified atom stereocenters. The molecule has 0 spiro atoms. The van der Waals surface area contributed by atoms with E-state index in [4.69, 9.17) is 5.73 Å². The van der Waals surface area contributed by atoms with Gasteiger partial charge in [-0.15, -0.1) is 0 Å². The van der Waals surface area contributed by atoms with Crippen LogP contribution in [0.1, 0.15) is 45.4 Å². The van der Waals surface area contributed by atoms with E-state index >= 15 is 0 Å². The van der Waals surface area contributed by atoms with Gasteiger partial charge in [-0.25, -0.2) is 4.79 Å². The number of carboxylic acid groups (broad SMARTS) is 1. The molecule has 0 bridgehead atoms. The Bertz CT molecular complexity index is 394. The number of piperidine rings is 1. The third kappa shape index (κ3) is 3.37. The van der Waals surface area contributed by atoms with E-state index < -0.39 is 11.5 Å². The number of hydrogen-bond donors (Lipinski definition) is 2. The first kappa shape index (κ1) is 16.2. The Morgan fingerprint density at radius 3 is 2.52 bits per heavy atom. The zero-order valence-corrected chi connectivity index (χ0v) is 12.9. The lowest BCUT2D eigenvalue weighted by atomic mass is 9.90. The summed E-state index contributed by atoms with van der Waals surface area (Å²) in [5, 5.41) is 9.63. The molecule has 1 atom stereocenters. The predicted molar refractivity (Wildman–Crippen MR) is 79.9 cm³/mol. The number of aliphatic carboxylic acids is 1. The van der Waals surface area contributed by atoms with Crippen molar-refractivity contribution < 1.29 is 14.7 Å². The summed E-state index contributed by atoms with van der Waals surface area (Å²) in [7, 11) is 0. The van der Waals surface area contributed by atoms with Gasteiger partial charge in [-0.2, -0.15) is 0 Å². The maximum atomic E-state index is 12.6. The van der Waals surface area contributed by atoms with Crippen molar-refractivity contribution in [3.63, 3.8) is 0 Å². The first-order chi connectivity index (χ1) is 9.99. The van der Waals surface area contributed by atoms with Crippen LogP contribution < -0.4 is 5.73 Å². The monoisotopic (exact) mass is 297 g/mol. The highest BCUT2D eigenvalue weighted by Gasteiger charge is 2.49. The van der Waals surface area contributed by atoms with Crippen molar-refractivity contribution in [2.45, 2.75) is 57.0 Å². The Hall–Kier alpha value is -1.14. The van der Waals surface area contributed by atoms with Gasteiger partial charge in [0.05, 0.1) is 6.54 Å². The van der Waals surface area contributed by atoms with E-state index in [0.717, 1.165) is 38.8 Å². The quantitative estimate of drug-likeness (QED) is 0.778. The van der Waals surface area contributed by atoms with Gasteiger partial charge < -0.3 is 15.7 Å². The standard InChI is InChI=1S/C15H27N3O3/c1-2-6-15(14(20)21)7-3-8-18(15)13(19)11-17-9-4-12(16)5-10-17/h12H,2-11,16H2,1H3,(H,20,21). The zero-order chi connectivity index (χ0) is 15.5. The molecule has 2 aliphatic rings. The van der Waals surface area contributed by atoms with E-state index in [2.05, 4.69) is 4.90 Å². The van der Waals surface area contributed by atoms with Crippen molar-refractivity contribution >= 4 is 11.9 Å². The lowest BCUT2D eigenvalue weighted by Crippen LogP contribution is -2.56. The Kier molecular flexibility index (Phi) is 5.22. The van der Waals surface area contributed by atoms with Crippen molar-refractivity contribution in [2.75, 3.05) is 26.2 Å². The molecular weight excluding hydrogens is 270 g/mol. The molecule has 0 radical (unpaired) electrons. The molecule has 0 aromatic heterocycles. The van der Waals surface area contributed by atoms with Crippen LogP contribution in [0.3, 0.4) is 0 Å². The number of carbonyl (C=O) groups excluding carboxylic acids is 1. The summed E-state index contributed by atoms with van der Waals surface area (Å²) >= 11 is 0. The van der Waals surface area contributed by atoms with E-state index in [0.29, 0.717) is 25.9 Å². The number of carbonyl (C=O) groups is 2. The maximum absolute atomic E-state index is 12.6. The van der Waals surface area contributed by atoms with Crippen LogP contribution in [0.25, 0.3) is 0 Å². The van der Waals surface area contributed by atoms with Crippen LogP contribution in [0.5, 0.6) is 0 Å². The minimum Gasteiger partial charge on any atom is -0.479 e. The summed E-state index contributed by atoms with van der Waals surface area (Å²) < 4.78 is 0. The molecule has 2 rings (SSSR count). The van der Waals surface area contributed by atoms with Crippen LogP contribution in [-0.2, 0) is 9.59 Å². The number of rotatable bonds is 5. The van der Waals surface area contributed by atoms with E-state index in [1.54, 1.807) is 4.90 Å². The lowest BCUT2D eigenvalue weighted by Gasteiger charge is -2.37. The van der Waals surface area contributed by atoms with Gasteiger partial charge in [0.2, 0.25) is 5.91 Å². The highest BCUT2D eigenvalue weighted by molar-refractivity contribution is 5.88. The Labute approximate surface area is 126 Å². The van der Waals surface area contributed by atoms with Gasteiger partial charge in [0, 0.05) is 25.7 Å². The van der Waals surface area contributed by atoms with Crippen LogP contribution in [-0.4, -0.2) is 64.5 Å². The molecule has 0 saturated carbocycles. The molecule has 21 heavy (non-hydrogen) atoms. The molecule has 6 heteroatoms. The third-order valence-corrected chi connectivity index (χ3v) is 4.84. The van der Waals surface area contributed by atoms with Crippen molar-refractivity contribution in [1.82, 2.24) is 9.80 Å². The Morgan fingerprint density at radius 2 is 1.95 bits per heavy atom. The van der Waals surface area contributed by atoms with Gasteiger partial charge in [-0.05, 0) is 32.1 Å². The largest absolute Gasteiger partial charge is 0.479 e. The molecule has 0 aromatic rings. The highest BCUT2D eigenvalue weighted by Crippen LogP contribution is 2.34. The molecule has 1 amide bonds. The smallest absolute Gasteiger partial charge is 0.329 e. The maximum Gasteiger partial charge on any atom is 0.329 e. The van der Waals surface area contributed by atoms with E-state index in [1.165, 1.54) is 0 Å². The van der Waals surface area contributed by atoms with Gasteiger partial charge >= 0.3 is 5.97 Å². The number of nitrogens with zero attached hydrogens (tertiary/aromatic N) is 2. The second-order valence-corrected chi connectivity index (χ2v) is 6.35. The van der Waals surface area contributed by atoms with E-state index in [-0.39, 0.29) is 11.9 Å². The normalized spacial score (nSPS) is 28.0. The molecule has 2 fully saturated rings. The second-order valence-electron chi connectivity index (χ2n) is 6.35. The molecule has 6 nitrogen and oxygen atoms in total. The summed E-state index contributed by atoms with van der Waals surface area (Å²) in [6.07, 6.45) is 4.49. The first-order valence-electron chi connectivity index (χ1n) is 8.01. The van der Waals surface area contributed by atoms with Gasteiger partial charge in [-0.1, -0.05) is 13.3 Å². The molecule has 3 N–H and O–H groups in total. The fourth-order valence-electron chi connectivity index (χ4n) is 3.63. The highest BCUT2D eigenvalue weighted by atomic mass is 16.4. The Morgan fingerprint density at radius 1 is 1.29 bits per heavy atom. The molecule has 2 heterocycles. The minimum atomic E-state index is -0.974. The zero-order valence-electron chi connectivity index (χ0n) is 12.9. The average Bonchev–Trinajstić information content (AvgIpc) is 2.87. The van der Waals surface area contributed by atoms with Crippen LogP contribution >= 0.6 is 0 Å². The average molecular weight is 297 g/mol. The molecule has 2 aliphatic heterocycles. The molecule has 0 aliphatic carbocycles. The van der Waals surface area contributed by atoms with Gasteiger partial charge in [0.1, 0.15) is 5.54 Å². The Balaban J connectivity index is 2.01. The van der Waals surface area contributed by atoms with Gasteiger partial charge in [-0.3, -0.25) is 9.69 Å². The van der Waals surface area contributed by atoms with Crippen molar-refractivity contribution in [1.29, 1.82) is 0 Å². The predicted octanol–water partition coefficient (Wildman–Crippen LogP) is 0.655. The number of likely N-dealkylation sites (tertiary alicyclic amines) is 2. The molecule has 120 valence electrons. The molecule has 0 aromatic carbocycles. The summed E-state index contributed by atoms with van der Waals surface area (Å²) in [4.78, 5) is 28.0. The van der Waals surface area contributed by atoms with Crippen LogP contribution in [0.15, 0.2) is 0 Å². The molecule has 2 saturated heterocycles.